The first-order chi connectivity index (χ1) is 8.75. The third-order valence-corrected chi connectivity index (χ3v) is 3.17. The number of hydrogen-bond donors (Lipinski definition) is 0. The predicted molar refractivity (Wildman–Crippen MR) is 69.1 cm³/mol. The average molecular weight is 239 g/mol. The molecule has 0 aliphatic carbocycles. The lowest BCUT2D eigenvalue weighted by Gasteiger charge is -2.19. The number of nitrogens with zero attached hydrogens (tertiary/aromatic N) is 2. The number of benzene rings is 2. The van der Waals surface area contributed by atoms with E-state index in [1.807, 2.05) is 30.3 Å². The van der Waals surface area contributed by atoms with Crippen molar-refractivity contribution in [1.82, 2.24) is 0 Å². The van der Waals surface area contributed by atoms with Gasteiger partial charge < -0.3 is 4.90 Å². The Morgan fingerprint density at radius 3 is 2.94 bits per heavy atom. The van der Waals surface area contributed by atoms with Crippen LogP contribution in [0.25, 0.3) is 0 Å². The van der Waals surface area contributed by atoms with Crippen molar-refractivity contribution in [3.8, 4) is 0 Å². The molecule has 0 fully saturated rings. The molecule has 0 amide bonds. The van der Waals surface area contributed by atoms with Gasteiger partial charge in [-0.1, -0.05) is 12.1 Å². The lowest BCUT2D eigenvalue weighted by Crippen LogP contribution is -2.12. The first kappa shape index (κ1) is 10.8. The van der Waals surface area contributed by atoms with Gasteiger partial charge in [-0.15, -0.1) is 0 Å². The van der Waals surface area contributed by atoms with Crippen LogP contribution >= 0.6 is 0 Å². The van der Waals surface area contributed by atoms with E-state index in [2.05, 4.69) is 11.0 Å². The van der Waals surface area contributed by atoms with Crippen molar-refractivity contribution in [1.29, 1.82) is 0 Å². The summed E-state index contributed by atoms with van der Waals surface area (Å²) in [6.45, 7) is 0.856. The summed E-state index contributed by atoms with van der Waals surface area (Å²) >= 11 is 0. The maximum atomic E-state index is 10.7. The maximum Gasteiger partial charge on any atom is 0.269 e. The van der Waals surface area contributed by atoms with Gasteiger partial charge in [-0.2, -0.15) is 0 Å². The summed E-state index contributed by atoms with van der Waals surface area (Å²) in [7, 11) is 0. The Bertz CT molecular complexity index is 596. The van der Waals surface area contributed by atoms with E-state index in [0.717, 1.165) is 29.9 Å². The molecule has 2 aromatic carbocycles. The van der Waals surface area contributed by atoms with Crippen LogP contribution in [-0.2, 0) is 6.42 Å². The van der Waals surface area contributed by atoms with Crippen LogP contribution in [0.15, 0.2) is 42.5 Å². The number of anilines is 2. The second-order valence-electron chi connectivity index (χ2n) is 4.23. The Hall–Kier alpha value is -2.36. The normalized spacial score (nSPS) is 13.4. The van der Waals surface area contributed by atoms with Crippen molar-refractivity contribution in [3.63, 3.8) is 0 Å². The zero-order valence-corrected chi connectivity index (χ0v) is 9.67. The molecule has 0 aromatic heterocycles. The van der Waals surface area contributed by atoms with Crippen molar-refractivity contribution in [2.45, 2.75) is 6.42 Å². The fourth-order valence-electron chi connectivity index (χ4n) is 2.32. The number of non-ortho nitro benzene ring substituents is 1. The quantitative estimate of drug-likeness (QED) is 0.597. The van der Waals surface area contributed by atoms with Crippen LogP contribution in [0.2, 0.25) is 0 Å². The number of nitro benzene ring substituents is 1. The standard InChI is InChI=1S/C14H11N2O2/c17-16(18)13-6-7-14-11(10-13)8-9-15(14)12-4-2-1-3-5-12/h1-2,4-7,10H,8-9H2. The molecule has 0 spiro atoms. The van der Waals surface area contributed by atoms with Crippen LogP contribution in [-0.4, -0.2) is 11.5 Å². The highest BCUT2D eigenvalue weighted by Gasteiger charge is 2.22. The molecule has 89 valence electrons. The number of nitro groups is 1. The second-order valence-corrected chi connectivity index (χ2v) is 4.23. The average Bonchev–Trinajstić information content (AvgIpc) is 2.82. The van der Waals surface area contributed by atoms with Crippen LogP contribution in [0.3, 0.4) is 0 Å². The molecular formula is C14H11N2O2. The summed E-state index contributed by atoms with van der Waals surface area (Å²) < 4.78 is 0. The summed E-state index contributed by atoms with van der Waals surface area (Å²) in [5.41, 5.74) is 3.33. The van der Waals surface area contributed by atoms with Gasteiger partial charge in [0.1, 0.15) is 0 Å². The van der Waals surface area contributed by atoms with Gasteiger partial charge in [0.25, 0.3) is 5.69 Å². The van der Waals surface area contributed by atoms with Crippen LogP contribution in [0.4, 0.5) is 17.1 Å². The van der Waals surface area contributed by atoms with Gasteiger partial charge in [-0.3, -0.25) is 10.1 Å². The second kappa shape index (κ2) is 4.14. The molecule has 3 rings (SSSR count). The Labute approximate surface area is 105 Å². The van der Waals surface area contributed by atoms with E-state index in [1.54, 1.807) is 12.1 Å². The van der Waals surface area contributed by atoms with Crippen LogP contribution in [0, 0.1) is 16.2 Å². The monoisotopic (exact) mass is 239 g/mol. The van der Waals surface area contributed by atoms with Gasteiger partial charge in [0.2, 0.25) is 0 Å². The van der Waals surface area contributed by atoms with Crippen molar-refractivity contribution in [2.75, 3.05) is 11.4 Å². The molecule has 4 nitrogen and oxygen atoms in total. The molecule has 0 unspecified atom stereocenters. The van der Waals surface area contributed by atoms with E-state index in [9.17, 15) is 10.1 Å². The molecule has 0 bridgehead atoms. The Morgan fingerprint density at radius 1 is 1.33 bits per heavy atom. The first-order valence-electron chi connectivity index (χ1n) is 5.77. The Kier molecular flexibility index (Phi) is 2.48. The highest BCUT2D eigenvalue weighted by molar-refractivity contribution is 5.71. The molecule has 0 atom stereocenters. The zero-order chi connectivity index (χ0) is 12.5. The van der Waals surface area contributed by atoms with Gasteiger partial charge >= 0.3 is 0 Å². The summed E-state index contributed by atoms with van der Waals surface area (Å²) in [6, 6.07) is 15.9. The van der Waals surface area contributed by atoms with Gasteiger partial charge in [0.05, 0.1) is 4.92 Å². The minimum absolute atomic E-state index is 0.162. The van der Waals surface area contributed by atoms with Gasteiger partial charge in [0, 0.05) is 30.1 Å². The molecule has 1 aliphatic rings. The largest absolute Gasteiger partial charge is 0.341 e. The predicted octanol–water partition coefficient (Wildman–Crippen LogP) is 3.09. The van der Waals surface area contributed by atoms with Crippen molar-refractivity contribution in [3.05, 3.63) is 64.2 Å². The van der Waals surface area contributed by atoms with Crippen LogP contribution in [0.1, 0.15) is 5.56 Å². The zero-order valence-electron chi connectivity index (χ0n) is 9.67. The van der Waals surface area contributed by atoms with E-state index in [0.29, 0.717) is 0 Å². The third kappa shape index (κ3) is 1.72. The molecule has 2 aromatic rings. The van der Waals surface area contributed by atoms with E-state index < -0.39 is 0 Å². The third-order valence-electron chi connectivity index (χ3n) is 3.17. The van der Waals surface area contributed by atoms with E-state index in [4.69, 9.17) is 0 Å². The topological polar surface area (TPSA) is 46.4 Å². The summed E-state index contributed by atoms with van der Waals surface area (Å²) in [5, 5.41) is 10.7. The fraction of sp³-hybridized carbons (Fsp3) is 0.143. The summed E-state index contributed by atoms with van der Waals surface area (Å²) in [4.78, 5) is 12.6. The molecule has 1 heterocycles. The van der Waals surface area contributed by atoms with Crippen LogP contribution < -0.4 is 4.90 Å². The smallest absolute Gasteiger partial charge is 0.269 e. The minimum Gasteiger partial charge on any atom is -0.341 e. The van der Waals surface area contributed by atoms with Gasteiger partial charge in [0.15, 0.2) is 0 Å². The van der Waals surface area contributed by atoms with E-state index in [1.165, 1.54) is 0 Å². The van der Waals surface area contributed by atoms with E-state index >= 15 is 0 Å². The van der Waals surface area contributed by atoms with Gasteiger partial charge in [-0.05, 0) is 36.2 Å². The number of fused-ring (bicyclic) bond motifs is 1. The molecular weight excluding hydrogens is 228 g/mol. The molecule has 0 saturated carbocycles. The fourth-order valence-corrected chi connectivity index (χ4v) is 2.32. The summed E-state index contributed by atoms with van der Waals surface area (Å²) in [6.07, 6.45) is 0.839. The summed E-state index contributed by atoms with van der Waals surface area (Å²) in [5.74, 6) is 0. The Morgan fingerprint density at radius 2 is 2.22 bits per heavy atom. The molecule has 18 heavy (non-hydrogen) atoms. The van der Waals surface area contributed by atoms with Crippen molar-refractivity contribution in [2.24, 2.45) is 0 Å². The number of hydrogen-bond acceptors (Lipinski definition) is 3. The molecule has 1 aliphatic heterocycles. The molecule has 0 saturated heterocycles. The molecule has 1 radical (unpaired) electrons. The maximum absolute atomic E-state index is 10.7. The van der Waals surface area contributed by atoms with Crippen molar-refractivity contribution >= 4 is 17.1 Å². The highest BCUT2D eigenvalue weighted by atomic mass is 16.6. The lowest BCUT2D eigenvalue weighted by atomic mass is 10.1. The molecule has 4 heteroatoms. The van der Waals surface area contributed by atoms with E-state index in [-0.39, 0.29) is 10.6 Å². The van der Waals surface area contributed by atoms with Gasteiger partial charge in [-0.25, -0.2) is 0 Å². The minimum atomic E-state index is -0.348. The Balaban J connectivity index is 2.00. The molecule has 0 N–H and O–H groups in total. The van der Waals surface area contributed by atoms with Crippen LogP contribution in [0.5, 0.6) is 0 Å². The number of rotatable bonds is 2. The first-order valence-corrected chi connectivity index (χ1v) is 5.77. The van der Waals surface area contributed by atoms with Crippen molar-refractivity contribution < 1.29 is 4.92 Å². The highest BCUT2D eigenvalue weighted by Crippen LogP contribution is 2.36. The lowest BCUT2D eigenvalue weighted by molar-refractivity contribution is -0.384. The SMILES string of the molecule is O=[N+]([O-])c1ccc2c(c1)CCN2c1c[c]ccc1.